The molecule has 0 aliphatic carbocycles. The van der Waals surface area contributed by atoms with Crippen LogP contribution in [0.4, 0.5) is 5.69 Å². The van der Waals surface area contributed by atoms with Gasteiger partial charge in [0.25, 0.3) is 5.91 Å². The van der Waals surface area contributed by atoms with Gasteiger partial charge in [-0.2, -0.15) is 5.10 Å². The maximum atomic E-state index is 12.3. The molecule has 23 heavy (non-hydrogen) atoms. The van der Waals surface area contributed by atoms with E-state index in [0.717, 1.165) is 11.4 Å². The summed E-state index contributed by atoms with van der Waals surface area (Å²) in [4.78, 5) is 16.5. The average Bonchev–Trinajstić information content (AvgIpc) is 3.06. The number of aromatic amines is 1. The molecule has 0 saturated carbocycles. The first-order valence-electron chi connectivity index (χ1n) is 7.51. The van der Waals surface area contributed by atoms with E-state index in [4.69, 9.17) is 0 Å². The molecule has 1 amide bonds. The quantitative estimate of drug-likeness (QED) is 0.769. The van der Waals surface area contributed by atoms with E-state index in [0.29, 0.717) is 17.3 Å². The molecule has 2 aromatic heterocycles. The van der Waals surface area contributed by atoms with Crippen molar-refractivity contribution in [1.82, 2.24) is 15.2 Å². The highest BCUT2D eigenvalue weighted by Gasteiger charge is 2.12. The molecular formula is C18H18N4O. The molecule has 0 spiro atoms. The van der Waals surface area contributed by atoms with Crippen LogP contribution in [-0.4, -0.2) is 21.1 Å². The molecule has 0 aliphatic rings. The zero-order valence-electron chi connectivity index (χ0n) is 13.1. The van der Waals surface area contributed by atoms with Gasteiger partial charge >= 0.3 is 0 Å². The molecule has 2 heterocycles. The molecule has 116 valence electrons. The number of carbonyl (C=O) groups excluding carboxylic acids is 1. The van der Waals surface area contributed by atoms with E-state index in [1.54, 1.807) is 12.3 Å². The third-order valence-electron chi connectivity index (χ3n) is 3.59. The zero-order chi connectivity index (χ0) is 16.2. The predicted octanol–water partition coefficient (Wildman–Crippen LogP) is 3.85. The van der Waals surface area contributed by atoms with Crippen molar-refractivity contribution in [3.05, 3.63) is 66.0 Å². The number of carbonyl (C=O) groups is 1. The van der Waals surface area contributed by atoms with Crippen LogP contribution in [0.2, 0.25) is 0 Å². The first kappa shape index (κ1) is 15.0. The van der Waals surface area contributed by atoms with E-state index in [2.05, 4.69) is 34.3 Å². The fourth-order valence-electron chi connectivity index (χ4n) is 2.23. The molecule has 0 aliphatic heterocycles. The lowest BCUT2D eigenvalue weighted by molar-refractivity contribution is 0.102. The second-order valence-corrected chi connectivity index (χ2v) is 5.61. The van der Waals surface area contributed by atoms with Gasteiger partial charge in [-0.25, -0.2) is 0 Å². The zero-order valence-corrected chi connectivity index (χ0v) is 13.1. The first-order valence-corrected chi connectivity index (χ1v) is 7.51. The van der Waals surface area contributed by atoms with E-state index < -0.39 is 0 Å². The van der Waals surface area contributed by atoms with E-state index in [9.17, 15) is 4.79 Å². The van der Waals surface area contributed by atoms with Gasteiger partial charge in [-0.1, -0.05) is 32.0 Å². The SMILES string of the molecule is CC(C)c1ccc(NC(=O)c2cc(-c3ccccn3)n[nH]2)cc1. The van der Waals surface area contributed by atoms with Crippen LogP contribution in [0.15, 0.2) is 54.7 Å². The number of rotatable bonds is 4. The second-order valence-electron chi connectivity index (χ2n) is 5.61. The van der Waals surface area contributed by atoms with Crippen molar-refractivity contribution in [3.8, 4) is 11.4 Å². The van der Waals surface area contributed by atoms with Gasteiger partial charge in [0.2, 0.25) is 0 Å². The third-order valence-corrected chi connectivity index (χ3v) is 3.59. The van der Waals surface area contributed by atoms with Crippen LogP contribution >= 0.6 is 0 Å². The summed E-state index contributed by atoms with van der Waals surface area (Å²) in [5, 5.41) is 9.75. The van der Waals surface area contributed by atoms with E-state index >= 15 is 0 Å². The highest BCUT2D eigenvalue weighted by atomic mass is 16.1. The minimum absolute atomic E-state index is 0.225. The fraction of sp³-hybridized carbons (Fsp3) is 0.167. The molecule has 0 fully saturated rings. The lowest BCUT2D eigenvalue weighted by Gasteiger charge is -2.07. The molecule has 0 bridgehead atoms. The molecule has 3 aromatic rings. The Hall–Kier alpha value is -2.95. The van der Waals surface area contributed by atoms with Crippen molar-refractivity contribution in [2.24, 2.45) is 0 Å². The number of anilines is 1. The molecule has 2 N–H and O–H groups in total. The van der Waals surface area contributed by atoms with Crippen LogP contribution in [0.25, 0.3) is 11.4 Å². The van der Waals surface area contributed by atoms with Crippen LogP contribution in [0.5, 0.6) is 0 Å². The predicted molar refractivity (Wildman–Crippen MR) is 90.3 cm³/mol. The summed E-state index contributed by atoms with van der Waals surface area (Å²) < 4.78 is 0. The molecule has 0 unspecified atom stereocenters. The number of aromatic nitrogens is 3. The summed E-state index contributed by atoms with van der Waals surface area (Å²) in [6.45, 7) is 4.27. The number of pyridine rings is 1. The fourth-order valence-corrected chi connectivity index (χ4v) is 2.23. The summed E-state index contributed by atoms with van der Waals surface area (Å²) in [6.07, 6.45) is 1.69. The highest BCUT2D eigenvalue weighted by Crippen LogP contribution is 2.18. The molecule has 1 aromatic carbocycles. The molecule has 0 atom stereocenters. The van der Waals surface area contributed by atoms with Crippen molar-refractivity contribution >= 4 is 11.6 Å². The van der Waals surface area contributed by atoms with Gasteiger partial charge in [0.1, 0.15) is 11.4 Å². The maximum absolute atomic E-state index is 12.3. The number of hydrogen-bond donors (Lipinski definition) is 2. The van der Waals surface area contributed by atoms with Crippen molar-refractivity contribution in [1.29, 1.82) is 0 Å². The first-order chi connectivity index (χ1) is 11.1. The Balaban J connectivity index is 1.72. The standard InChI is InChI=1S/C18H18N4O/c1-12(2)13-6-8-14(9-7-13)20-18(23)17-11-16(21-22-17)15-5-3-4-10-19-15/h3-12H,1-2H3,(H,20,23)(H,21,22). The summed E-state index contributed by atoms with van der Waals surface area (Å²) in [7, 11) is 0. The number of amides is 1. The van der Waals surface area contributed by atoms with Gasteiger partial charge in [-0.05, 0) is 41.8 Å². The molecule has 5 heteroatoms. The van der Waals surface area contributed by atoms with Gasteiger partial charge in [0.15, 0.2) is 0 Å². The lowest BCUT2D eigenvalue weighted by Crippen LogP contribution is -2.12. The Morgan fingerprint density at radius 1 is 1.09 bits per heavy atom. The highest BCUT2D eigenvalue weighted by molar-refractivity contribution is 6.03. The summed E-state index contributed by atoms with van der Waals surface area (Å²) in [6, 6.07) is 15.1. The summed E-state index contributed by atoms with van der Waals surface area (Å²) in [5.41, 5.74) is 3.77. The molecule has 0 radical (unpaired) electrons. The van der Waals surface area contributed by atoms with Gasteiger partial charge < -0.3 is 5.32 Å². The Labute approximate surface area is 134 Å². The van der Waals surface area contributed by atoms with Gasteiger partial charge in [-0.3, -0.25) is 14.9 Å². The van der Waals surface area contributed by atoms with Crippen molar-refractivity contribution < 1.29 is 4.79 Å². The van der Waals surface area contributed by atoms with Gasteiger partial charge in [0, 0.05) is 11.9 Å². The topological polar surface area (TPSA) is 70.7 Å². The Morgan fingerprint density at radius 3 is 2.52 bits per heavy atom. The van der Waals surface area contributed by atoms with Crippen molar-refractivity contribution in [2.75, 3.05) is 5.32 Å². The number of benzene rings is 1. The Morgan fingerprint density at radius 2 is 1.87 bits per heavy atom. The van der Waals surface area contributed by atoms with Gasteiger partial charge in [0.05, 0.1) is 5.69 Å². The summed E-state index contributed by atoms with van der Waals surface area (Å²) >= 11 is 0. The van der Waals surface area contributed by atoms with Crippen LogP contribution in [-0.2, 0) is 0 Å². The van der Waals surface area contributed by atoms with Crippen LogP contribution in [0.1, 0.15) is 35.8 Å². The van der Waals surface area contributed by atoms with Crippen molar-refractivity contribution in [3.63, 3.8) is 0 Å². The Bertz CT molecular complexity index is 791. The number of nitrogens with zero attached hydrogens (tertiary/aromatic N) is 2. The average molecular weight is 306 g/mol. The molecular weight excluding hydrogens is 288 g/mol. The maximum Gasteiger partial charge on any atom is 0.273 e. The Kier molecular flexibility index (Phi) is 4.19. The van der Waals surface area contributed by atoms with E-state index in [1.807, 2.05) is 42.5 Å². The normalized spacial score (nSPS) is 10.7. The second kappa shape index (κ2) is 6.44. The van der Waals surface area contributed by atoms with E-state index in [-0.39, 0.29) is 5.91 Å². The number of nitrogens with one attached hydrogen (secondary N) is 2. The smallest absolute Gasteiger partial charge is 0.273 e. The van der Waals surface area contributed by atoms with Crippen LogP contribution in [0.3, 0.4) is 0 Å². The molecule has 3 rings (SSSR count). The monoisotopic (exact) mass is 306 g/mol. The minimum Gasteiger partial charge on any atom is -0.321 e. The number of H-pyrrole nitrogens is 1. The van der Waals surface area contributed by atoms with Crippen LogP contribution in [0, 0.1) is 0 Å². The lowest BCUT2D eigenvalue weighted by atomic mass is 10.0. The van der Waals surface area contributed by atoms with Crippen LogP contribution < -0.4 is 5.32 Å². The molecule has 5 nitrogen and oxygen atoms in total. The third kappa shape index (κ3) is 3.45. The largest absolute Gasteiger partial charge is 0.321 e. The van der Waals surface area contributed by atoms with E-state index in [1.165, 1.54) is 5.56 Å². The van der Waals surface area contributed by atoms with Crippen molar-refractivity contribution in [2.45, 2.75) is 19.8 Å². The van der Waals surface area contributed by atoms with Gasteiger partial charge in [-0.15, -0.1) is 0 Å². The molecule has 0 saturated heterocycles. The number of hydrogen-bond acceptors (Lipinski definition) is 3. The summed E-state index contributed by atoms with van der Waals surface area (Å²) in [5.74, 6) is 0.241. The minimum atomic E-state index is -0.225.